The zero-order valence-corrected chi connectivity index (χ0v) is 19.6. The summed E-state index contributed by atoms with van der Waals surface area (Å²) < 4.78 is 3.83. The lowest BCUT2D eigenvalue weighted by Gasteiger charge is -2.11. The summed E-state index contributed by atoms with van der Waals surface area (Å²) >= 11 is 0. The molecule has 6 rings (SSSR count). The normalized spacial score (nSPS) is 13.3. The molecule has 5 aromatic rings. The summed E-state index contributed by atoms with van der Waals surface area (Å²) in [5.41, 5.74) is 8.41. The van der Waals surface area contributed by atoms with E-state index < -0.39 is 0 Å². The van der Waals surface area contributed by atoms with Gasteiger partial charge in [0, 0.05) is 59.0 Å². The van der Waals surface area contributed by atoms with Crippen LogP contribution in [-0.4, -0.2) is 35.4 Å². The molecule has 4 aromatic heterocycles. The van der Waals surface area contributed by atoms with E-state index in [9.17, 15) is 4.79 Å². The predicted molar refractivity (Wildman–Crippen MR) is 137 cm³/mol. The smallest absolute Gasteiger partial charge is 0.247 e. The molecular weight excluding hydrogens is 438 g/mol. The van der Waals surface area contributed by atoms with Crippen molar-refractivity contribution in [2.45, 2.75) is 25.8 Å². The number of aryl methyl sites for hydroxylation is 2. The van der Waals surface area contributed by atoms with Gasteiger partial charge in [-0.05, 0) is 49.1 Å². The van der Waals surface area contributed by atoms with Crippen molar-refractivity contribution in [1.82, 2.24) is 29.5 Å². The van der Waals surface area contributed by atoms with Crippen molar-refractivity contribution >= 4 is 22.6 Å². The van der Waals surface area contributed by atoms with E-state index >= 15 is 0 Å². The van der Waals surface area contributed by atoms with Crippen LogP contribution in [0.5, 0.6) is 0 Å². The fourth-order valence-corrected chi connectivity index (χ4v) is 4.42. The highest BCUT2D eigenvalue weighted by atomic mass is 16.1. The van der Waals surface area contributed by atoms with E-state index in [0.29, 0.717) is 6.04 Å². The maximum atomic E-state index is 12.0. The lowest BCUT2D eigenvalue weighted by Crippen LogP contribution is -2.08. The molecule has 0 aliphatic heterocycles. The van der Waals surface area contributed by atoms with Crippen LogP contribution in [0.25, 0.3) is 44.5 Å². The molecule has 4 heterocycles. The van der Waals surface area contributed by atoms with Crippen LogP contribution < -0.4 is 5.32 Å². The fraction of sp³-hybridized carbons (Fsp3) is 0.185. The molecule has 1 amide bonds. The first kappa shape index (κ1) is 21.1. The number of benzene rings is 1. The fourth-order valence-electron chi connectivity index (χ4n) is 4.42. The average Bonchev–Trinajstić information content (AvgIpc) is 3.26. The highest BCUT2D eigenvalue weighted by Crippen LogP contribution is 2.41. The summed E-state index contributed by atoms with van der Waals surface area (Å²) in [4.78, 5) is 20.3. The van der Waals surface area contributed by atoms with Gasteiger partial charge in [0.2, 0.25) is 5.91 Å². The largest absolute Gasteiger partial charge is 0.339 e. The highest BCUT2D eigenvalue weighted by Gasteiger charge is 2.25. The summed E-state index contributed by atoms with van der Waals surface area (Å²) in [5.74, 6) is -0.242. The van der Waals surface area contributed by atoms with E-state index in [-0.39, 0.29) is 5.91 Å². The Hall–Kier alpha value is -4.46. The second-order valence-electron chi connectivity index (χ2n) is 9.06. The SMILES string of the molecule is C=CC(=O)Nc1cc(-c2c(-c3cnn(C)c3)[nH]c3ncc(-c4cnn(C5CC5)c4)cc23)ccc1C. The number of H-pyrrole nitrogens is 1. The Labute approximate surface area is 202 Å². The number of rotatable bonds is 6. The van der Waals surface area contributed by atoms with Gasteiger partial charge in [0.25, 0.3) is 0 Å². The predicted octanol–water partition coefficient (Wildman–Crippen LogP) is 5.26. The van der Waals surface area contributed by atoms with Gasteiger partial charge in [-0.2, -0.15) is 10.2 Å². The molecule has 0 bridgehead atoms. The number of nitrogens with one attached hydrogen (secondary N) is 2. The van der Waals surface area contributed by atoms with Crippen molar-refractivity contribution < 1.29 is 4.79 Å². The quantitative estimate of drug-likeness (QED) is 0.336. The van der Waals surface area contributed by atoms with Crippen LogP contribution in [-0.2, 0) is 11.8 Å². The summed E-state index contributed by atoms with van der Waals surface area (Å²) in [6, 6.07) is 8.76. The second kappa shape index (κ2) is 8.09. The molecule has 35 heavy (non-hydrogen) atoms. The Morgan fingerprint density at radius 3 is 2.66 bits per heavy atom. The lowest BCUT2D eigenvalue weighted by molar-refractivity contribution is -0.111. The average molecular weight is 464 g/mol. The topological polar surface area (TPSA) is 93.4 Å². The van der Waals surface area contributed by atoms with E-state index in [2.05, 4.69) is 45.4 Å². The van der Waals surface area contributed by atoms with Crippen LogP contribution in [0, 0.1) is 6.92 Å². The minimum absolute atomic E-state index is 0.242. The van der Waals surface area contributed by atoms with Gasteiger partial charge in [-0.25, -0.2) is 4.98 Å². The van der Waals surface area contributed by atoms with Crippen molar-refractivity contribution in [2.24, 2.45) is 7.05 Å². The maximum Gasteiger partial charge on any atom is 0.247 e. The number of pyridine rings is 1. The van der Waals surface area contributed by atoms with Crippen molar-refractivity contribution in [3.8, 4) is 33.5 Å². The Kier molecular flexibility index (Phi) is 4.88. The number of fused-ring (bicyclic) bond motifs is 1. The molecule has 1 fully saturated rings. The molecule has 0 unspecified atom stereocenters. The summed E-state index contributed by atoms with van der Waals surface area (Å²) in [6.45, 7) is 5.54. The minimum Gasteiger partial charge on any atom is -0.339 e. The van der Waals surface area contributed by atoms with E-state index in [4.69, 9.17) is 4.98 Å². The molecule has 1 aliphatic rings. The Balaban J connectivity index is 1.54. The number of hydrogen-bond donors (Lipinski definition) is 2. The number of anilines is 1. The van der Waals surface area contributed by atoms with E-state index in [1.807, 2.05) is 55.6 Å². The lowest BCUT2D eigenvalue weighted by atomic mass is 9.97. The second-order valence-corrected chi connectivity index (χ2v) is 9.06. The number of carbonyl (C=O) groups excluding carboxylic acids is 1. The third-order valence-electron chi connectivity index (χ3n) is 6.47. The molecule has 8 nitrogen and oxygen atoms in total. The van der Waals surface area contributed by atoms with Crippen LogP contribution in [0.3, 0.4) is 0 Å². The van der Waals surface area contributed by atoms with Gasteiger partial charge in [0.1, 0.15) is 5.65 Å². The van der Waals surface area contributed by atoms with Gasteiger partial charge in [0.05, 0.1) is 24.1 Å². The zero-order chi connectivity index (χ0) is 24.1. The molecule has 0 saturated heterocycles. The standard InChI is InChI=1S/C27H25N7O/c1-4-24(35)31-23-10-17(6-5-16(23)2)25-22-9-18(19-12-30-34(15-19)21-7-8-21)11-28-27(22)32-26(25)20-13-29-33(3)14-20/h4-6,9-15,21H,1,7-8H2,2-3H3,(H,28,32)(H,31,35). The summed E-state index contributed by atoms with van der Waals surface area (Å²) in [6.07, 6.45) is 13.4. The molecule has 8 heteroatoms. The van der Waals surface area contributed by atoms with Crippen molar-refractivity contribution in [3.63, 3.8) is 0 Å². The molecule has 174 valence electrons. The van der Waals surface area contributed by atoms with Gasteiger partial charge in [0.15, 0.2) is 0 Å². The van der Waals surface area contributed by atoms with E-state index in [1.54, 1.807) is 4.68 Å². The number of amides is 1. The number of aromatic nitrogens is 6. The third-order valence-corrected chi connectivity index (χ3v) is 6.47. The molecule has 0 radical (unpaired) electrons. The molecule has 1 aliphatic carbocycles. The van der Waals surface area contributed by atoms with E-state index in [0.717, 1.165) is 55.8 Å². The van der Waals surface area contributed by atoms with Gasteiger partial charge in [-0.3, -0.25) is 14.2 Å². The molecular formula is C27H25N7O. The minimum atomic E-state index is -0.242. The van der Waals surface area contributed by atoms with Crippen LogP contribution in [0.2, 0.25) is 0 Å². The van der Waals surface area contributed by atoms with Gasteiger partial charge < -0.3 is 10.3 Å². The number of aromatic amines is 1. The first-order valence-electron chi connectivity index (χ1n) is 11.6. The molecule has 0 spiro atoms. The Bertz CT molecular complexity index is 1600. The maximum absolute atomic E-state index is 12.0. The first-order chi connectivity index (χ1) is 17.0. The zero-order valence-electron chi connectivity index (χ0n) is 19.6. The molecule has 1 aromatic carbocycles. The van der Waals surface area contributed by atoms with Crippen LogP contribution in [0.4, 0.5) is 5.69 Å². The van der Waals surface area contributed by atoms with Crippen molar-refractivity contribution in [1.29, 1.82) is 0 Å². The number of carbonyl (C=O) groups is 1. The van der Waals surface area contributed by atoms with Crippen molar-refractivity contribution in [3.05, 3.63) is 73.5 Å². The molecule has 2 N–H and O–H groups in total. The third kappa shape index (κ3) is 3.82. The number of hydrogen-bond acceptors (Lipinski definition) is 4. The van der Waals surface area contributed by atoms with Crippen LogP contribution in [0.1, 0.15) is 24.4 Å². The van der Waals surface area contributed by atoms with E-state index in [1.165, 1.54) is 18.9 Å². The van der Waals surface area contributed by atoms with Crippen molar-refractivity contribution in [2.75, 3.05) is 5.32 Å². The number of nitrogens with zero attached hydrogens (tertiary/aromatic N) is 5. The van der Waals surface area contributed by atoms with Crippen LogP contribution >= 0.6 is 0 Å². The Morgan fingerprint density at radius 2 is 1.91 bits per heavy atom. The van der Waals surface area contributed by atoms with Gasteiger partial charge >= 0.3 is 0 Å². The summed E-state index contributed by atoms with van der Waals surface area (Å²) in [7, 11) is 1.90. The van der Waals surface area contributed by atoms with Gasteiger partial charge in [-0.1, -0.05) is 18.7 Å². The molecule has 1 saturated carbocycles. The van der Waals surface area contributed by atoms with Gasteiger partial charge in [-0.15, -0.1) is 0 Å². The highest BCUT2D eigenvalue weighted by molar-refractivity contribution is 6.05. The Morgan fingerprint density at radius 1 is 1.09 bits per heavy atom. The monoisotopic (exact) mass is 463 g/mol. The van der Waals surface area contributed by atoms with Crippen LogP contribution in [0.15, 0.2) is 67.9 Å². The molecule has 0 atom stereocenters. The first-order valence-corrected chi connectivity index (χ1v) is 11.6. The summed E-state index contributed by atoms with van der Waals surface area (Å²) in [5, 5.41) is 12.8.